The van der Waals surface area contributed by atoms with E-state index in [1.807, 2.05) is 0 Å². The Labute approximate surface area is 148 Å². The summed E-state index contributed by atoms with van der Waals surface area (Å²) in [7, 11) is 2.91. The predicted molar refractivity (Wildman–Crippen MR) is 90.4 cm³/mol. The zero-order valence-corrected chi connectivity index (χ0v) is 14.1. The molecule has 1 atom stereocenters. The van der Waals surface area contributed by atoms with Crippen LogP contribution in [-0.2, 0) is 9.59 Å². The van der Waals surface area contributed by atoms with Gasteiger partial charge in [0, 0.05) is 17.8 Å². The van der Waals surface area contributed by atoms with E-state index < -0.39 is 29.5 Å². The predicted octanol–water partition coefficient (Wildman–Crippen LogP) is 2.73. The van der Waals surface area contributed by atoms with E-state index in [2.05, 4.69) is 5.32 Å². The lowest BCUT2D eigenvalue weighted by molar-refractivity contribution is -0.121. The van der Waals surface area contributed by atoms with Gasteiger partial charge in [-0.2, -0.15) is 0 Å². The number of imide groups is 1. The summed E-state index contributed by atoms with van der Waals surface area (Å²) in [6, 6.07) is 7.01. The number of amides is 2. The highest BCUT2D eigenvalue weighted by Gasteiger charge is 2.40. The second kappa shape index (κ2) is 6.99. The molecule has 2 amide bonds. The molecule has 1 N–H and O–H groups in total. The first-order valence-electron chi connectivity index (χ1n) is 7.75. The largest absolute Gasteiger partial charge is 0.497 e. The van der Waals surface area contributed by atoms with E-state index in [9.17, 15) is 18.4 Å². The van der Waals surface area contributed by atoms with Gasteiger partial charge in [-0.1, -0.05) is 0 Å². The van der Waals surface area contributed by atoms with Crippen LogP contribution in [0.4, 0.5) is 20.2 Å². The Morgan fingerprint density at radius 3 is 2.46 bits per heavy atom. The number of anilines is 2. The second-order valence-electron chi connectivity index (χ2n) is 5.64. The summed E-state index contributed by atoms with van der Waals surface area (Å²) in [5.41, 5.74) is 0.497. The van der Waals surface area contributed by atoms with Gasteiger partial charge < -0.3 is 14.8 Å². The molecular formula is C18H16F2N2O4. The van der Waals surface area contributed by atoms with Gasteiger partial charge in [-0.15, -0.1) is 0 Å². The van der Waals surface area contributed by atoms with Crippen molar-refractivity contribution < 1.29 is 27.8 Å². The molecule has 0 aromatic heterocycles. The van der Waals surface area contributed by atoms with Crippen molar-refractivity contribution in [3.8, 4) is 11.5 Å². The number of nitrogens with zero attached hydrogens (tertiary/aromatic N) is 1. The molecule has 1 aliphatic rings. The first-order chi connectivity index (χ1) is 12.4. The average Bonchev–Trinajstić information content (AvgIpc) is 2.91. The van der Waals surface area contributed by atoms with Gasteiger partial charge in [0.15, 0.2) is 11.6 Å². The quantitative estimate of drug-likeness (QED) is 0.829. The van der Waals surface area contributed by atoms with E-state index in [0.717, 1.165) is 17.0 Å². The molecule has 1 aliphatic heterocycles. The maximum absolute atomic E-state index is 13.3. The van der Waals surface area contributed by atoms with Crippen LogP contribution in [0.25, 0.3) is 0 Å². The molecule has 2 aromatic carbocycles. The molecule has 1 saturated heterocycles. The van der Waals surface area contributed by atoms with Gasteiger partial charge in [0.25, 0.3) is 5.91 Å². The number of rotatable bonds is 5. The molecule has 0 aliphatic carbocycles. The van der Waals surface area contributed by atoms with E-state index >= 15 is 0 Å². The van der Waals surface area contributed by atoms with Crippen LogP contribution in [0, 0.1) is 11.6 Å². The molecule has 2 aromatic rings. The summed E-state index contributed by atoms with van der Waals surface area (Å²) in [5, 5.41) is 2.76. The Morgan fingerprint density at radius 2 is 1.81 bits per heavy atom. The van der Waals surface area contributed by atoms with E-state index in [4.69, 9.17) is 9.47 Å². The molecule has 0 unspecified atom stereocenters. The van der Waals surface area contributed by atoms with Gasteiger partial charge >= 0.3 is 0 Å². The van der Waals surface area contributed by atoms with Crippen LogP contribution in [0.15, 0.2) is 36.4 Å². The summed E-state index contributed by atoms with van der Waals surface area (Å²) >= 11 is 0. The summed E-state index contributed by atoms with van der Waals surface area (Å²) in [5.74, 6) is -2.16. The van der Waals surface area contributed by atoms with Crippen molar-refractivity contribution in [2.45, 2.75) is 12.5 Å². The first-order valence-corrected chi connectivity index (χ1v) is 7.75. The summed E-state index contributed by atoms with van der Waals surface area (Å²) in [6.07, 6.45) is -0.118. The lowest BCUT2D eigenvalue weighted by atomic mass is 10.2. The Kier molecular flexibility index (Phi) is 4.75. The van der Waals surface area contributed by atoms with Gasteiger partial charge in [0.05, 0.1) is 26.3 Å². The van der Waals surface area contributed by atoms with Gasteiger partial charge in [0.1, 0.15) is 17.5 Å². The molecule has 8 heteroatoms. The fourth-order valence-electron chi connectivity index (χ4n) is 2.75. The van der Waals surface area contributed by atoms with Gasteiger partial charge in [-0.25, -0.2) is 13.7 Å². The summed E-state index contributed by atoms with van der Waals surface area (Å²) in [4.78, 5) is 26.1. The number of methoxy groups -OCH3 is 2. The highest BCUT2D eigenvalue weighted by Crippen LogP contribution is 2.35. The zero-order valence-electron chi connectivity index (χ0n) is 14.1. The lowest BCUT2D eigenvalue weighted by Crippen LogP contribution is -2.35. The molecular weight excluding hydrogens is 346 g/mol. The maximum Gasteiger partial charge on any atom is 0.256 e. The minimum absolute atomic E-state index is 0.118. The zero-order chi connectivity index (χ0) is 18.8. The average molecular weight is 362 g/mol. The van der Waals surface area contributed by atoms with Crippen LogP contribution in [0.1, 0.15) is 6.42 Å². The number of carbonyl (C=O) groups is 2. The minimum Gasteiger partial charge on any atom is -0.497 e. The second-order valence-corrected chi connectivity index (χ2v) is 5.64. The van der Waals surface area contributed by atoms with Crippen molar-refractivity contribution in [3.05, 3.63) is 48.0 Å². The normalized spacial score (nSPS) is 16.8. The molecule has 1 fully saturated rings. The molecule has 0 radical (unpaired) electrons. The van der Waals surface area contributed by atoms with Crippen molar-refractivity contribution in [1.82, 2.24) is 0 Å². The Bertz CT molecular complexity index is 872. The Morgan fingerprint density at radius 1 is 1.04 bits per heavy atom. The SMILES string of the molecule is COc1ccc(N2C(=O)C[C@H](Nc3ccc(F)c(F)c3)C2=O)c(OC)c1. The highest BCUT2D eigenvalue weighted by molar-refractivity contribution is 6.23. The van der Waals surface area contributed by atoms with Crippen molar-refractivity contribution in [2.75, 3.05) is 24.4 Å². The number of hydrogen-bond donors (Lipinski definition) is 1. The van der Waals surface area contributed by atoms with Gasteiger partial charge in [0.2, 0.25) is 5.91 Å². The topological polar surface area (TPSA) is 67.9 Å². The minimum atomic E-state index is -1.04. The van der Waals surface area contributed by atoms with Crippen LogP contribution in [0.5, 0.6) is 11.5 Å². The molecule has 0 spiro atoms. The van der Waals surface area contributed by atoms with E-state index in [1.165, 1.54) is 20.3 Å². The van der Waals surface area contributed by atoms with Crippen LogP contribution < -0.4 is 19.7 Å². The molecule has 1 heterocycles. The molecule has 136 valence electrons. The number of halogens is 2. The number of ether oxygens (including phenoxy) is 2. The third-order valence-corrected chi connectivity index (χ3v) is 4.03. The fraction of sp³-hybridized carbons (Fsp3) is 0.222. The van der Waals surface area contributed by atoms with Gasteiger partial charge in [-0.05, 0) is 24.3 Å². The Hall–Kier alpha value is -3.16. The van der Waals surface area contributed by atoms with Crippen LogP contribution in [0.3, 0.4) is 0 Å². The monoisotopic (exact) mass is 362 g/mol. The van der Waals surface area contributed by atoms with Crippen LogP contribution >= 0.6 is 0 Å². The van der Waals surface area contributed by atoms with Crippen molar-refractivity contribution in [1.29, 1.82) is 0 Å². The third-order valence-electron chi connectivity index (χ3n) is 4.03. The number of benzene rings is 2. The maximum atomic E-state index is 13.3. The molecule has 26 heavy (non-hydrogen) atoms. The van der Waals surface area contributed by atoms with E-state index in [1.54, 1.807) is 18.2 Å². The molecule has 0 bridgehead atoms. The lowest BCUT2D eigenvalue weighted by Gasteiger charge is -2.19. The number of hydrogen-bond acceptors (Lipinski definition) is 5. The van der Waals surface area contributed by atoms with E-state index in [0.29, 0.717) is 11.5 Å². The third kappa shape index (κ3) is 3.17. The molecule has 0 saturated carbocycles. The van der Waals surface area contributed by atoms with Gasteiger partial charge in [-0.3, -0.25) is 9.59 Å². The van der Waals surface area contributed by atoms with E-state index in [-0.39, 0.29) is 17.8 Å². The molecule has 6 nitrogen and oxygen atoms in total. The summed E-state index contributed by atoms with van der Waals surface area (Å²) < 4.78 is 36.7. The highest BCUT2D eigenvalue weighted by atomic mass is 19.2. The van der Waals surface area contributed by atoms with Crippen molar-refractivity contribution >= 4 is 23.2 Å². The Balaban J connectivity index is 1.86. The number of carbonyl (C=O) groups excluding carboxylic acids is 2. The molecule has 3 rings (SSSR count). The number of nitrogens with one attached hydrogen (secondary N) is 1. The fourth-order valence-corrected chi connectivity index (χ4v) is 2.75. The smallest absolute Gasteiger partial charge is 0.256 e. The standard InChI is InChI=1S/C18H16F2N2O4/c1-25-11-4-6-15(16(8-11)26-2)22-17(23)9-14(18(22)24)21-10-3-5-12(19)13(20)7-10/h3-8,14,21H,9H2,1-2H3/t14-/m0/s1. The van der Waals surface area contributed by atoms with Crippen molar-refractivity contribution in [2.24, 2.45) is 0 Å². The first kappa shape index (κ1) is 17.7. The van der Waals surface area contributed by atoms with Crippen LogP contribution in [0.2, 0.25) is 0 Å². The van der Waals surface area contributed by atoms with Crippen LogP contribution in [-0.4, -0.2) is 32.1 Å². The van der Waals surface area contributed by atoms with Crippen molar-refractivity contribution in [3.63, 3.8) is 0 Å². The summed E-state index contributed by atoms with van der Waals surface area (Å²) in [6.45, 7) is 0.